The highest BCUT2D eigenvalue weighted by molar-refractivity contribution is 5.53. The Morgan fingerprint density at radius 2 is 1.86 bits per heavy atom. The van der Waals surface area contributed by atoms with Crippen molar-refractivity contribution in [2.75, 3.05) is 0 Å². The predicted octanol–water partition coefficient (Wildman–Crippen LogP) is 1.66. The van der Waals surface area contributed by atoms with Gasteiger partial charge >= 0.3 is 6.16 Å². The summed E-state index contributed by atoms with van der Waals surface area (Å²) in [6, 6.07) is 0. The summed E-state index contributed by atoms with van der Waals surface area (Å²) in [5.41, 5.74) is 0. The van der Waals surface area contributed by atoms with Crippen molar-refractivity contribution in [1.82, 2.24) is 0 Å². The Bertz CT molecular complexity index is 58.3. The zero-order valence-corrected chi connectivity index (χ0v) is 4.09. The summed E-state index contributed by atoms with van der Waals surface area (Å²) in [5, 5.41) is 13.9. The van der Waals surface area contributed by atoms with Gasteiger partial charge in [0.15, 0.2) is 0 Å². The van der Waals surface area contributed by atoms with Gasteiger partial charge in [-0.2, -0.15) is 0 Å². The predicted molar refractivity (Wildman–Crippen MR) is 28.6 cm³/mol. The van der Waals surface area contributed by atoms with Crippen LogP contribution in [0.3, 0.4) is 0 Å². The molecule has 3 heteroatoms. The second kappa shape index (κ2) is 8.89. The fraction of sp³-hybridized carbons (Fsp3) is 0.250. The molecule has 0 fully saturated rings. The van der Waals surface area contributed by atoms with Gasteiger partial charge in [-0.3, -0.25) is 0 Å². The molecule has 0 amide bonds. The lowest BCUT2D eigenvalue weighted by molar-refractivity contribution is 0.137. The summed E-state index contributed by atoms with van der Waals surface area (Å²) in [6.45, 7) is 5.25. The Kier molecular flexibility index (Phi) is 11.9. The largest absolute Gasteiger partial charge is 0.503 e. The van der Waals surface area contributed by atoms with E-state index in [1.54, 1.807) is 6.08 Å². The summed E-state index contributed by atoms with van der Waals surface area (Å²) >= 11 is 0. The monoisotopic (exact) mass is 106 g/mol. The van der Waals surface area contributed by atoms with Crippen LogP contribution in [0.2, 0.25) is 0 Å². The molecule has 44 valence electrons. The summed E-state index contributed by atoms with van der Waals surface area (Å²) < 4.78 is 0. The molecule has 0 unspecified atom stereocenters. The van der Waals surface area contributed by atoms with Gasteiger partial charge in [0.2, 0.25) is 0 Å². The molecule has 0 heterocycles. The third-order valence-electron chi connectivity index (χ3n) is 0. The average molecular weight is 106 g/mol. The van der Waals surface area contributed by atoms with Gasteiger partial charge in [0, 0.05) is 1.43 Å². The minimum atomic E-state index is -1.83. The number of hydrogen-bond acceptors (Lipinski definition) is 1. The topological polar surface area (TPSA) is 57.5 Å². The SMILES string of the molecule is C=CC.O=C(O)O.[HH]. The molecule has 0 rings (SSSR count). The van der Waals surface area contributed by atoms with Gasteiger partial charge in [0.1, 0.15) is 0 Å². The van der Waals surface area contributed by atoms with Crippen LogP contribution in [0, 0.1) is 0 Å². The van der Waals surface area contributed by atoms with E-state index in [9.17, 15) is 0 Å². The summed E-state index contributed by atoms with van der Waals surface area (Å²) in [7, 11) is 0. The van der Waals surface area contributed by atoms with E-state index in [1.807, 2.05) is 6.92 Å². The maximum Gasteiger partial charge on any atom is 0.503 e. The van der Waals surface area contributed by atoms with Gasteiger partial charge in [-0.25, -0.2) is 4.79 Å². The molecule has 2 N–H and O–H groups in total. The first-order valence-corrected chi connectivity index (χ1v) is 1.64. The number of hydrogen-bond donors (Lipinski definition) is 2. The molecule has 0 aliphatic rings. The van der Waals surface area contributed by atoms with Crippen molar-refractivity contribution < 1.29 is 16.4 Å². The zero-order valence-electron chi connectivity index (χ0n) is 4.09. The first-order valence-electron chi connectivity index (χ1n) is 1.64. The minimum Gasteiger partial charge on any atom is -0.450 e. The number of rotatable bonds is 0. The van der Waals surface area contributed by atoms with Crippen LogP contribution in [-0.2, 0) is 0 Å². The number of carbonyl (C=O) groups is 1. The molecule has 0 saturated heterocycles. The molecule has 0 aromatic heterocycles. The smallest absolute Gasteiger partial charge is 0.450 e. The van der Waals surface area contributed by atoms with Crippen LogP contribution in [0.1, 0.15) is 8.35 Å². The molecule has 0 radical (unpaired) electrons. The van der Waals surface area contributed by atoms with E-state index >= 15 is 0 Å². The van der Waals surface area contributed by atoms with E-state index in [0.717, 1.165) is 0 Å². The summed E-state index contributed by atoms with van der Waals surface area (Å²) in [5.74, 6) is 0. The third kappa shape index (κ3) is 46.3. The fourth-order valence-electron chi connectivity index (χ4n) is 0. The van der Waals surface area contributed by atoms with Crippen LogP contribution in [0.5, 0.6) is 0 Å². The highest BCUT2D eigenvalue weighted by Gasteiger charge is 1.70. The Hall–Kier alpha value is -0.990. The molecule has 0 aliphatic heterocycles. The normalized spacial score (nSPS) is 5.29. The van der Waals surface area contributed by atoms with Crippen LogP contribution in [0.4, 0.5) is 4.79 Å². The summed E-state index contributed by atoms with van der Waals surface area (Å²) in [6.07, 6.45) is -0.0833. The fourth-order valence-corrected chi connectivity index (χ4v) is 0. The van der Waals surface area contributed by atoms with Crippen LogP contribution in [0.15, 0.2) is 12.7 Å². The lowest BCUT2D eigenvalue weighted by Crippen LogP contribution is -1.81. The van der Waals surface area contributed by atoms with Gasteiger partial charge in [0.25, 0.3) is 0 Å². The van der Waals surface area contributed by atoms with Crippen molar-refractivity contribution in [3.63, 3.8) is 0 Å². The van der Waals surface area contributed by atoms with Crippen molar-refractivity contribution >= 4 is 6.16 Å². The highest BCUT2D eigenvalue weighted by Crippen LogP contribution is 1.42. The molecular weight excluding hydrogens is 96.0 g/mol. The van der Waals surface area contributed by atoms with E-state index in [4.69, 9.17) is 15.0 Å². The van der Waals surface area contributed by atoms with Crippen molar-refractivity contribution in [2.24, 2.45) is 0 Å². The Morgan fingerprint density at radius 1 is 1.86 bits per heavy atom. The maximum absolute atomic E-state index is 8.56. The van der Waals surface area contributed by atoms with E-state index in [1.165, 1.54) is 0 Å². The van der Waals surface area contributed by atoms with Gasteiger partial charge in [0.05, 0.1) is 0 Å². The molecule has 0 atom stereocenters. The maximum atomic E-state index is 8.56. The van der Waals surface area contributed by atoms with Crippen molar-refractivity contribution in [3.05, 3.63) is 12.7 Å². The number of carboxylic acid groups (broad SMARTS) is 2. The lowest BCUT2D eigenvalue weighted by Gasteiger charge is -1.60. The van der Waals surface area contributed by atoms with Crippen LogP contribution in [-0.4, -0.2) is 16.4 Å². The van der Waals surface area contributed by atoms with Gasteiger partial charge in [-0.1, -0.05) is 6.08 Å². The minimum absolute atomic E-state index is 0. The lowest BCUT2D eigenvalue weighted by atomic mass is 10.8. The second-order valence-electron chi connectivity index (χ2n) is 0.691. The van der Waals surface area contributed by atoms with E-state index in [0.29, 0.717) is 0 Å². The molecule has 0 spiro atoms. The van der Waals surface area contributed by atoms with E-state index in [2.05, 4.69) is 6.58 Å². The first-order chi connectivity index (χ1) is 3.15. The Labute approximate surface area is 43.4 Å². The van der Waals surface area contributed by atoms with Crippen LogP contribution in [0.25, 0.3) is 0 Å². The Morgan fingerprint density at radius 3 is 1.86 bits per heavy atom. The quantitative estimate of drug-likeness (QED) is 0.462. The van der Waals surface area contributed by atoms with Crippen LogP contribution < -0.4 is 0 Å². The zero-order chi connectivity index (χ0) is 6.28. The van der Waals surface area contributed by atoms with Gasteiger partial charge in [-0.05, 0) is 6.92 Å². The number of allylic oxidation sites excluding steroid dienone is 1. The van der Waals surface area contributed by atoms with E-state index < -0.39 is 6.16 Å². The molecule has 7 heavy (non-hydrogen) atoms. The Balaban J connectivity index is -0.0000000575. The van der Waals surface area contributed by atoms with Gasteiger partial charge in [-0.15, -0.1) is 6.58 Å². The summed E-state index contributed by atoms with van der Waals surface area (Å²) in [4.78, 5) is 8.56. The van der Waals surface area contributed by atoms with Crippen molar-refractivity contribution in [1.29, 1.82) is 0 Å². The first kappa shape index (κ1) is 9.38. The molecule has 0 aliphatic carbocycles. The molecule has 3 nitrogen and oxygen atoms in total. The van der Waals surface area contributed by atoms with E-state index in [-0.39, 0.29) is 1.43 Å². The molecule has 0 aromatic carbocycles. The average Bonchev–Trinajstić information content (AvgIpc) is 1.33. The van der Waals surface area contributed by atoms with Crippen molar-refractivity contribution in [3.8, 4) is 0 Å². The standard InChI is InChI=1S/C3H6.CH2O3.H2/c1-3-2;2-1(3)4;/h3H,1H2,2H3;(H2,2,3,4);1H. The highest BCUT2D eigenvalue weighted by atomic mass is 16.6. The van der Waals surface area contributed by atoms with Crippen molar-refractivity contribution in [2.45, 2.75) is 6.92 Å². The van der Waals surface area contributed by atoms with Gasteiger partial charge < -0.3 is 10.2 Å². The second-order valence-corrected chi connectivity index (χ2v) is 0.691. The molecular formula is C4H10O3. The third-order valence-corrected chi connectivity index (χ3v) is 0. The van der Waals surface area contributed by atoms with Crippen LogP contribution >= 0.6 is 0 Å². The molecule has 0 bridgehead atoms. The molecule has 0 saturated carbocycles. The molecule has 0 aromatic rings.